The quantitative estimate of drug-likeness (QED) is 0.450. The maximum Gasteiger partial charge on any atom is 0.416 e. The van der Waals surface area contributed by atoms with E-state index in [1.54, 1.807) is 24.4 Å². The van der Waals surface area contributed by atoms with Gasteiger partial charge in [-0.15, -0.1) is 0 Å². The van der Waals surface area contributed by atoms with Gasteiger partial charge in [-0.25, -0.2) is 4.98 Å². The van der Waals surface area contributed by atoms with Crippen molar-refractivity contribution in [1.82, 2.24) is 14.4 Å². The van der Waals surface area contributed by atoms with Gasteiger partial charge in [0.2, 0.25) is 0 Å². The van der Waals surface area contributed by atoms with Crippen molar-refractivity contribution in [2.75, 3.05) is 4.72 Å². The predicted molar refractivity (Wildman–Crippen MR) is 109 cm³/mol. The number of hydrogen-bond acceptors (Lipinski definition) is 5. The number of nitrogens with zero attached hydrogens (tertiary/aromatic N) is 3. The van der Waals surface area contributed by atoms with Crippen LogP contribution in [0.2, 0.25) is 0 Å². The molecular weight excluding hydrogens is 431 g/mol. The number of sulfonamides is 1. The molecule has 7 nitrogen and oxygen atoms in total. The third-order valence-corrected chi connectivity index (χ3v) is 5.84. The van der Waals surface area contributed by atoms with Crippen LogP contribution < -0.4 is 4.72 Å². The van der Waals surface area contributed by atoms with Crippen LogP contribution in [0.5, 0.6) is 0 Å². The fourth-order valence-electron chi connectivity index (χ4n) is 2.99. The lowest BCUT2D eigenvalue weighted by Crippen LogP contribution is -2.16. The molecule has 4 aromatic rings. The maximum atomic E-state index is 12.9. The van der Waals surface area contributed by atoms with Crippen molar-refractivity contribution in [2.24, 2.45) is 0 Å². The summed E-state index contributed by atoms with van der Waals surface area (Å²) in [6, 6.07) is 10.8. The predicted octanol–water partition coefficient (Wildman–Crippen LogP) is 4.21. The van der Waals surface area contributed by atoms with E-state index in [0.717, 1.165) is 18.3 Å². The molecule has 0 aliphatic rings. The third-order valence-electron chi connectivity index (χ3n) is 4.50. The lowest BCUT2D eigenvalue weighted by molar-refractivity contribution is -0.137. The van der Waals surface area contributed by atoms with Crippen molar-refractivity contribution < 1.29 is 21.6 Å². The van der Waals surface area contributed by atoms with Gasteiger partial charge >= 0.3 is 6.18 Å². The normalized spacial score (nSPS) is 12.1. The highest BCUT2D eigenvalue weighted by Gasteiger charge is 2.30. The molecule has 0 spiro atoms. The summed E-state index contributed by atoms with van der Waals surface area (Å²) < 4.78 is 68.1. The first-order valence-electron chi connectivity index (χ1n) is 8.82. The Morgan fingerprint density at radius 2 is 1.74 bits per heavy atom. The van der Waals surface area contributed by atoms with Crippen LogP contribution in [-0.2, 0) is 16.2 Å². The summed E-state index contributed by atoms with van der Waals surface area (Å²) in [7, 11) is -4.10. The van der Waals surface area contributed by atoms with E-state index < -0.39 is 21.8 Å². The zero-order valence-corrected chi connectivity index (χ0v) is 16.4. The lowest BCUT2D eigenvalue weighted by atomic mass is 10.0. The monoisotopic (exact) mass is 445 g/mol. The minimum atomic E-state index is -4.46. The van der Waals surface area contributed by atoms with Crippen molar-refractivity contribution >= 4 is 27.6 Å². The largest absolute Gasteiger partial charge is 0.416 e. The second-order valence-corrected chi connectivity index (χ2v) is 8.14. The summed E-state index contributed by atoms with van der Waals surface area (Å²) >= 11 is 0. The van der Waals surface area contributed by atoms with Gasteiger partial charge in [0.1, 0.15) is 11.3 Å². The molecule has 0 aliphatic heterocycles. The number of aromatic nitrogens is 3. The summed E-state index contributed by atoms with van der Waals surface area (Å²) in [4.78, 5) is 8.11. The number of benzene rings is 1. The molecule has 3 heterocycles. The number of hydrogen-bond donors (Lipinski definition) is 2. The first kappa shape index (κ1) is 20.5. The lowest BCUT2D eigenvalue weighted by Gasteiger charge is -2.12. The van der Waals surface area contributed by atoms with Crippen LogP contribution in [0, 0.1) is 5.41 Å². The highest BCUT2D eigenvalue weighted by Crippen LogP contribution is 2.32. The van der Waals surface area contributed by atoms with Gasteiger partial charge < -0.3 is 5.41 Å². The van der Waals surface area contributed by atoms with Gasteiger partial charge in [-0.1, -0.05) is 18.2 Å². The summed E-state index contributed by atoms with van der Waals surface area (Å²) in [6.07, 6.45) is 0.522. The zero-order chi connectivity index (χ0) is 22.2. The molecule has 0 unspecified atom stereocenters. The number of rotatable bonds is 5. The van der Waals surface area contributed by atoms with E-state index >= 15 is 0 Å². The second kappa shape index (κ2) is 7.51. The molecule has 0 atom stereocenters. The molecule has 1 aromatic carbocycles. The Morgan fingerprint density at radius 3 is 2.42 bits per heavy atom. The summed E-state index contributed by atoms with van der Waals surface area (Å²) in [6.45, 7) is 0. The van der Waals surface area contributed by atoms with Gasteiger partial charge in [0.25, 0.3) is 10.0 Å². The SMILES string of the molecule is N=Cc1ncc(-c2ccc(C(F)(F)F)cc2)cc1NS(=O)(=O)c1cnc2ccccn12. The fourth-order valence-corrected chi connectivity index (χ4v) is 4.15. The number of pyridine rings is 2. The van der Waals surface area contributed by atoms with E-state index in [2.05, 4.69) is 14.7 Å². The van der Waals surface area contributed by atoms with E-state index in [9.17, 15) is 21.6 Å². The van der Waals surface area contributed by atoms with Gasteiger partial charge in [0, 0.05) is 24.2 Å². The Hall–Kier alpha value is -3.73. The molecule has 11 heteroatoms. The molecule has 0 saturated carbocycles. The first-order valence-corrected chi connectivity index (χ1v) is 10.3. The molecule has 4 rings (SSSR count). The number of alkyl halides is 3. The fraction of sp³-hybridized carbons (Fsp3) is 0.0500. The smallest absolute Gasteiger partial charge is 0.306 e. The van der Waals surface area contributed by atoms with Crippen LogP contribution in [0.1, 0.15) is 11.3 Å². The minimum Gasteiger partial charge on any atom is -0.306 e. The number of imidazole rings is 1. The Kier molecular flexibility index (Phi) is 4.97. The topological polar surface area (TPSA) is 100 Å². The van der Waals surface area contributed by atoms with E-state index in [1.165, 1.54) is 35.0 Å². The van der Waals surface area contributed by atoms with Crippen molar-refractivity contribution in [3.63, 3.8) is 0 Å². The van der Waals surface area contributed by atoms with Gasteiger partial charge in [-0.2, -0.15) is 21.6 Å². The van der Waals surface area contributed by atoms with Gasteiger partial charge in [-0.3, -0.25) is 14.1 Å². The number of fused-ring (bicyclic) bond motifs is 1. The molecule has 158 valence electrons. The maximum absolute atomic E-state index is 12.9. The molecule has 31 heavy (non-hydrogen) atoms. The van der Waals surface area contributed by atoms with Crippen LogP contribution in [0.15, 0.2) is 72.1 Å². The van der Waals surface area contributed by atoms with Gasteiger partial charge in [0.15, 0.2) is 5.03 Å². The summed E-state index contributed by atoms with van der Waals surface area (Å²) in [5, 5.41) is 7.39. The second-order valence-electron chi connectivity index (χ2n) is 6.51. The first-order chi connectivity index (χ1) is 14.7. The average Bonchev–Trinajstić information content (AvgIpc) is 3.18. The number of anilines is 1. The van der Waals surface area contributed by atoms with Crippen molar-refractivity contribution in [1.29, 1.82) is 5.41 Å². The molecule has 2 N–H and O–H groups in total. The Balaban J connectivity index is 1.72. The third kappa shape index (κ3) is 3.99. The summed E-state index contributed by atoms with van der Waals surface area (Å²) in [5.41, 5.74) is 0.495. The molecule has 0 saturated heterocycles. The Morgan fingerprint density at radius 1 is 1.00 bits per heavy atom. The summed E-state index contributed by atoms with van der Waals surface area (Å²) in [5.74, 6) is 0. The van der Waals surface area contributed by atoms with Crippen molar-refractivity contribution in [3.05, 3.63) is 78.4 Å². The minimum absolute atomic E-state index is 0.0123. The Bertz CT molecular complexity index is 1380. The molecule has 0 bridgehead atoms. The Labute approximate surface area is 174 Å². The highest BCUT2D eigenvalue weighted by atomic mass is 32.2. The molecule has 0 aliphatic carbocycles. The van der Waals surface area contributed by atoms with E-state index in [1.807, 2.05) is 0 Å². The highest BCUT2D eigenvalue weighted by molar-refractivity contribution is 7.92. The van der Waals surface area contributed by atoms with E-state index in [4.69, 9.17) is 5.41 Å². The van der Waals surface area contributed by atoms with Crippen LogP contribution in [0.25, 0.3) is 16.8 Å². The van der Waals surface area contributed by atoms with Crippen LogP contribution >= 0.6 is 0 Å². The van der Waals surface area contributed by atoms with Gasteiger partial charge in [0.05, 0.1) is 17.4 Å². The van der Waals surface area contributed by atoms with Crippen molar-refractivity contribution in [3.8, 4) is 11.1 Å². The molecular formula is C20H14F3N5O2S. The number of nitrogens with one attached hydrogen (secondary N) is 2. The van der Waals surface area contributed by atoms with Crippen LogP contribution in [0.4, 0.5) is 18.9 Å². The number of halogens is 3. The molecule has 0 amide bonds. The van der Waals surface area contributed by atoms with E-state index in [-0.39, 0.29) is 16.4 Å². The molecule has 0 radical (unpaired) electrons. The molecule has 3 aromatic heterocycles. The van der Waals surface area contributed by atoms with Gasteiger partial charge in [-0.05, 0) is 35.9 Å². The van der Waals surface area contributed by atoms with Crippen molar-refractivity contribution in [2.45, 2.75) is 11.2 Å². The van der Waals surface area contributed by atoms with Crippen LogP contribution in [-0.4, -0.2) is 29.0 Å². The van der Waals surface area contributed by atoms with E-state index in [0.29, 0.717) is 16.8 Å². The molecule has 0 fully saturated rings. The zero-order valence-electron chi connectivity index (χ0n) is 15.6. The average molecular weight is 445 g/mol. The standard InChI is InChI=1S/C20H14F3N5O2S/c21-20(22,23)15-6-4-13(5-7-15)14-9-16(17(10-24)25-11-14)27-31(29,30)19-12-26-18-3-1-2-8-28(18)19/h1-12,24,27H. The van der Waals surface area contributed by atoms with Crippen LogP contribution in [0.3, 0.4) is 0 Å².